The minimum Gasteiger partial charge on any atom is -0.475 e. The molecule has 2 aliphatic heterocycles. The standard InChI is InChI=1S/C21H23N3O6/c1-27-7-8-28-21-14(3-2-6-22-21)11-23-20(26)15-9-19(25)24(12-15)16-4-5-17-18(10-16)30-13-29-17/h2-6,10,15H,7-9,11-13H2,1H3,(H,23,26). The van der Waals surface area contributed by atoms with Gasteiger partial charge >= 0.3 is 0 Å². The van der Waals surface area contributed by atoms with E-state index in [9.17, 15) is 9.59 Å². The first-order valence-corrected chi connectivity index (χ1v) is 9.69. The summed E-state index contributed by atoms with van der Waals surface area (Å²) in [7, 11) is 1.60. The number of rotatable bonds is 8. The van der Waals surface area contributed by atoms with Crippen molar-refractivity contribution >= 4 is 17.5 Å². The van der Waals surface area contributed by atoms with Crippen LogP contribution in [0, 0.1) is 5.92 Å². The summed E-state index contributed by atoms with van der Waals surface area (Å²) >= 11 is 0. The average molecular weight is 413 g/mol. The molecule has 9 nitrogen and oxygen atoms in total. The molecule has 30 heavy (non-hydrogen) atoms. The van der Waals surface area contributed by atoms with Crippen LogP contribution in [0.5, 0.6) is 17.4 Å². The van der Waals surface area contributed by atoms with E-state index in [2.05, 4.69) is 10.3 Å². The molecule has 0 radical (unpaired) electrons. The van der Waals surface area contributed by atoms with Crippen molar-refractivity contribution in [2.75, 3.05) is 38.6 Å². The number of hydrogen-bond acceptors (Lipinski definition) is 7. The molecule has 9 heteroatoms. The molecule has 1 aromatic heterocycles. The van der Waals surface area contributed by atoms with Crippen LogP contribution in [0.15, 0.2) is 36.5 Å². The van der Waals surface area contributed by atoms with Crippen LogP contribution in [0.25, 0.3) is 0 Å². The van der Waals surface area contributed by atoms with E-state index in [-0.39, 0.29) is 31.6 Å². The minimum atomic E-state index is -0.433. The summed E-state index contributed by atoms with van der Waals surface area (Å²) in [4.78, 5) is 31.0. The largest absolute Gasteiger partial charge is 0.475 e. The molecule has 3 heterocycles. The van der Waals surface area contributed by atoms with Gasteiger partial charge in [0.2, 0.25) is 24.5 Å². The molecule has 1 N–H and O–H groups in total. The van der Waals surface area contributed by atoms with E-state index in [1.807, 2.05) is 6.07 Å². The Balaban J connectivity index is 1.35. The molecule has 0 aliphatic carbocycles. The Morgan fingerprint density at radius 1 is 1.27 bits per heavy atom. The lowest BCUT2D eigenvalue weighted by Gasteiger charge is -2.17. The number of carbonyl (C=O) groups is 2. The molecule has 4 rings (SSSR count). The maximum absolute atomic E-state index is 12.7. The van der Waals surface area contributed by atoms with Gasteiger partial charge in [-0.1, -0.05) is 6.07 Å². The van der Waals surface area contributed by atoms with E-state index in [1.165, 1.54) is 0 Å². The van der Waals surface area contributed by atoms with Crippen molar-refractivity contribution in [1.82, 2.24) is 10.3 Å². The Kier molecular flexibility index (Phi) is 5.99. The lowest BCUT2D eigenvalue weighted by molar-refractivity contribution is -0.126. The molecule has 1 atom stereocenters. The van der Waals surface area contributed by atoms with Gasteiger partial charge in [-0.25, -0.2) is 4.98 Å². The number of nitrogens with one attached hydrogen (secondary N) is 1. The number of methoxy groups -OCH3 is 1. The quantitative estimate of drug-likeness (QED) is 0.655. The van der Waals surface area contributed by atoms with Crippen molar-refractivity contribution in [3.05, 3.63) is 42.1 Å². The number of carbonyl (C=O) groups excluding carboxylic acids is 2. The van der Waals surface area contributed by atoms with Gasteiger partial charge in [0.05, 0.1) is 12.5 Å². The molecule has 0 bridgehead atoms. The number of amides is 2. The molecular weight excluding hydrogens is 390 g/mol. The molecule has 2 amide bonds. The predicted octanol–water partition coefficient (Wildman–Crippen LogP) is 1.50. The first-order chi connectivity index (χ1) is 14.7. The van der Waals surface area contributed by atoms with Gasteiger partial charge in [0.1, 0.15) is 6.61 Å². The summed E-state index contributed by atoms with van der Waals surface area (Å²) in [6.45, 7) is 1.57. The van der Waals surface area contributed by atoms with Crippen LogP contribution in [-0.4, -0.2) is 50.5 Å². The highest BCUT2D eigenvalue weighted by molar-refractivity contribution is 6.00. The summed E-state index contributed by atoms with van der Waals surface area (Å²) in [6, 6.07) is 8.95. The second-order valence-electron chi connectivity index (χ2n) is 6.97. The Bertz CT molecular complexity index is 935. The zero-order valence-electron chi connectivity index (χ0n) is 16.6. The van der Waals surface area contributed by atoms with E-state index in [0.717, 1.165) is 5.56 Å². The Morgan fingerprint density at radius 2 is 2.13 bits per heavy atom. The number of ether oxygens (including phenoxy) is 4. The van der Waals surface area contributed by atoms with E-state index in [1.54, 1.807) is 42.5 Å². The Labute approximate surface area is 173 Å². The van der Waals surface area contributed by atoms with E-state index in [0.29, 0.717) is 42.8 Å². The van der Waals surface area contributed by atoms with Gasteiger partial charge in [0, 0.05) is 50.1 Å². The molecule has 1 saturated heterocycles. The molecule has 0 saturated carbocycles. The normalized spacial score (nSPS) is 17.3. The zero-order chi connectivity index (χ0) is 20.9. The van der Waals surface area contributed by atoms with E-state index in [4.69, 9.17) is 18.9 Å². The van der Waals surface area contributed by atoms with Crippen molar-refractivity contribution in [3.8, 4) is 17.4 Å². The topological polar surface area (TPSA) is 99.2 Å². The van der Waals surface area contributed by atoms with Gasteiger partial charge in [0.15, 0.2) is 11.5 Å². The highest BCUT2D eigenvalue weighted by atomic mass is 16.7. The van der Waals surface area contributed by atoms with Crippen molar-refractivity contribution in [3.63, 3.8) is 0 Å². The number of nitrogens with zero attached hydrogens (tertiary/aromatic N) is 2. The zero-order valence-corrected chi connectivity index (χ0v) is 16.6. The van der Waals surface area contributed by atoms with Crippen molar-refractivity contribution in [2.24, 2.45) is 5.92 Å². The molecule has 2 aliphatic rings. The van der Waals surface area contributed by atoms with Crippen molar-refractivity contribution < 1.29 is 28.5 Å². The molecule has 158 valence electrons. The Hall–Kier alpha value is -3.33. The highest BCUT2D eigenvalue weighted by Crippen LogP contribution is 2.37. The molecule has 1 fully saturated rings. The van der Waals surface area contributed by atoms with Crippen LogP contribution in [0.2, 0.25) is 0 Å². The van der Waals surface area contributed by atoms with Gasteiger partial charge < -0.3 is 29.2 Å². The van der Waals surface area contributed by atoms with Crippen LogP contribution < -0.4 is 24.4 Å². The second-order valence-corrected chi connectivity index (χ2v) is 6.97. The highest BCUT2D eigenvalue weighted by Gasteiger charge is 2.35. The van der Waals surface area contributed by atoms with Crippen LogP contribution in [0.4, 0.5) is 5.69 Å². The lowest BCUT2D eigenvalue weighted by Crippen LogP contribution is -2.32. The summed E-state index contributed by atoms with van der Waals surface area (Å²) in [6.07, 6.45) is 1.79. The fraction of sp³-hybridized carbons (Fsp3) is 0.381. The summed E-state index contributed by atoms with van der Waals surface area (Å²) < 4.78 is 21.2. The fourth-order valence-electron chi connectivity index (χ4n) is 3.42. The van der Waals surface area contributed by atoms with Crippen LogP contribution in [-0.2, 0) is 20.9 Å². The third-order valence-corrected chi connectivity index (χ3v) is 4.99. The SMILES string of the molecule is COCCOc1ncccc1CNC(=O)C1CC(=O)N(c2ccc3c(c2)OCO3)C1. The van der Waals surface area contributed by atoms with Gasteiger partial charge in [-0.2, -0.15) is 0 Å². The summed E-state index contributed by atoms with van der Waals surface area (Å²) in [5.41, 5.74) is 1.46. The number of benzene rings is 1. The Morgan fingerprint density at radius 3 is 3.00 bits per heavy atom. The van der Waals surface area contributed by atoms with Gasteiger partial charge in [0.25, 0.3) is 0 Å². The molecular formula is C21H23N3O6. The van der Waals surface area contributed by atoms with E-state index < -0.39 is 5.92 Å². The van der Waals surface area contributed by atoms with Crippen LogP contribution in [0.1, 0.15) is 12.0 Å². The van der Waals surface area contributed by atoms with Crippen LogP contribution >= 0.6 is 0 Å². The molecule has 1 aromatic carbocycles. The second kappa shape index (κ2) is 9.00. The summed E-state index contributed by atoms with van der Waals surface area (Å²) in [5, 5.41) is 2.89. The van der Waals surface area contributed by atoms with Gasteiger partial charge in [-0.05, 0) is 18.2 Å². The smallest absolute Gasteiger partial charge is 0.231 e. The summed E-state index contributed by atoms with van der Waals surface area (Å²) in [5.74, 6) is 1.000. The van der Waals surface area contributed by atoms with E-state index >= 15 is 0 Å². The van der Waals surface area contributed by atoms with Crippen molar-refractivity contribution in [2.45, 2.75) is 13.0 Å². The van der Waals surface area contributed by atoms with Crippen molar-refractivity contribution in [1.29, 1.82) is 0 Å². The first kappa shape index (κ1) is 20.0. The number of aromatic nitrogens is 1. The predicted molar refractivity (Wildman–Crippen MR) is 106 cm³/mol. The number of hydrogen-bond donors (Lipinski definition) is 1. The lowest BCUT2D eigenvalue weighted by atomic mass is 10.1. The fourth-order valence-corrected chi connectivity index (χ4v) is 3.42. The first-order valence-electron chi connectivity index (χ1n) is 9.69. The maximum Gasteiger partial charge on any atom is 0.231 e. The number of fused-ring (bicyclic) bond motifs is 1. The maximum atomic E-state index is 12.7. The average Bonchev–Trinajstić information content (AvgIpc) is 3.38. The van der Waals surface area contributed by atoms with Crippen LogP contribution in [0.3, 0.4) is 0 Å². The monoisotopic (exact) mass is 413 g/mol. The molecule has 2 aromatic rings. The molecule has 1 unspecified atom stereocenters. The number of anilines is 1. The van der Waals surface area contributed by atoms with Gasteiger partial charge in [-0.15, -0.1) is 0 Å². The molecule has 0 spiro atoms. The third kappa shape index (κ3) is 4.30. The van der Waals surface area contributed by atoms with Gasteiger partial charge in [-0.3, -0.25) is 9.59 Å². The third-order valence-electron chi connectivity index (χ3n) is 4.99. The number of pyridine rings is 1. The minimum absolute atomic E-state index is 0.0982.